The van der Waals surface area contributed by atoms with Crippen molar-refractivity contribution in [3.63, 3.8) is 0 Å². The molecule has 1 unspecified atom stereocenters. The molecule has 0 fully saturated rings. The Labute approximate surface area is 101 Å². The summed E-state index contributed by atoms with van der Waals surface area (Å²) in [4.78, 5) is 2.08. The van der Waals surface area contributed by atoms with E-state index < -0.39 is 0 Å². The van der Waals surface area contributed by atoms with Gasteiger partial charge in [0.1, 0.15) is 0 Å². The first kappa shape index (κ1) is 12.6. The van der Waals surface area contributed by atoms with E-state index in [1.165, 1.54) is 0 Å². The molecule has 84 valence electrons. The first-order valence-corrected chi connectivity index (χ1v) is 5.67. The van der Waals surface area contributed by atoms with Gasteiger partial charge in [-0.05, 0) is 24.6 Å². The van der Waals surface area contributed by atoms with Crippen molar-refractivity contribution in [3.05, 3.63) is 28.2 Å². The maximum atomic E-state index is 6.11. The van der Waals surface area contributed by atoms with Crippen LogP contribution in [0.15, 0.2) is 18.2 Å². The van der Waals surface area contributed by atoms with Gasteiger partial charge in [0.25, 0.3) is 0 Å². The molecule has 15 heavy (non-hydrogen) atoms. The lowest BCUT2D eigenvalue weighted by Crippen LogP contribution is -2.28. The summed E-state index contributed by atoms with van der Waals surface area (Å²) >= 11 is 12.1. The third kappa shape index (κ3) is 3.26. The van der Waals surface area contributed by atoms with Crippen molar-refractivity contribution in [2.24, 2.45) is 11.7 Å². The highest BCUT2D eigenvalue weighted by Gasteiger charge is 2.10. The molecule has 1 aromatic rings. The average Bonchev–Trinajstić information content (AvgIpc) is 2.21. The van der Waals surface area contributed by atoms with Crippen LogP contribution in [0.3, 0.4) is 0 Å². The lowest BCUT2D eigenvalue weighted by atomic mass is 10.1. The van der Waals surface area contributed by atoms with Crippen molar-refractivity contribution in [1.82, 2.24) is 0 Å². The van der Waals surface area contributed by atoms with Gasteiger partial charge in [-0.15, -0.1) is 0 Å². The highest BCUT2D eigenvalue weighted by atomic mass is 35.5. The lowest BCUT2D eigenvalue weighted by molar-refractivity contribution is 0.590. The molecule has 4 heteroatoms. The summed E-state index contributed by atoms with van der Waals surface area (Å²) in [7, 11) is 1.99. The van der Waals surface area contributed by atoms with Gasteiger partial charge in [0.2, 0.25) is 0 Å². The molecule has 0 aromatic heterocycles. The van der Waals surface area contributed by atoms with Crippen molar-refractivity contribution in [2.45, 2.75) is 6.92 Å². The standard InChI is InChI=1S/C11H16Cl2N2/c1-8(6-14)7-15(2)10-5-3-4-9(12)11(10)13/h3-5,8H,6-7,14H2,1-2H3. The normalized spacial score (nSPS) is 12.6. The van der Waals surface area contributed by atoms with Gasteiger partial charge in [0.15, 0.2) is 0 Å². The Bertz CT molecular complexity index is 328. The minimum Gasteiger partial charge on any atom is -0.373 e. The summed E-state index contributed by atoms with van der Waals surface area (Å²) in [5.41, 5.74) is 6.53. The Morgan fingerprint density at radius 1 is 1.40 bits per heavy atom. The van der Waals surface area contributed by atoms with Crippen LogP contribution in [0.1, 0.15) is 6.92 Å². The molecule has 0 bridgehead atoms. The summed E-state index contributed by atoms with van der Waals surface area (Å²) in [6.45, 7) is 3.65. The molecule has 0 saturated carbocycles. The maximum Gasteiger partial charge on any atom is 0.0825 e. The van der Waals surface area contributed by atoms with Crippen LogP contribution >= 0.6 is 23.2 Å². The zero-order valence-electron chi connectivity index (χ0n) is 9.00. The molecule has 2 N–H and O–H groups in total. The number of nitrogens with zero attached hydrogens (tertiary/aromatic N) is 1. The van der Waals surface area contributed by atoms with Crippen LogP contribution in [0.5, 0.6) is 0 Å². The molecule has 0 amide bonds. The number of hydrogen-bond acceptors (Lipinski definition) is 2. The van der Waals surface area contributed by atoms with Crippen molar-refractivity contribution in [2.75, 3.05) is 25.0 Å². The van der Waals surface area contributed by atoms with Crippen LogP contribution < -0.4 is 10.6 Å². The molecule has 0 heterocycles. The SMILES string of the molecule is CC(CN)CN(C)c1cccc(Cl)c1Cl. The van der Waals surface area contributed by atoms with Gasteiger partial charge in [0, 0.05) is 13.6 Å². The average molecular weight is 247 g/mol. The fourth-order valence-corrected chi connectivity index (χ4v) is 1.87. The van der Waals surface area contributed by atoms with E-state index in [2.05, 4.69) is 11.8 Å². The zero-order valence-corrected chi connectivity index (χ0v) is 10.5. The largest absolute Gasteiger partial charge is 0.373 e. The molecule has 0 aliphatic carbocycles. The van der Waals surface area contributed by atoms with E-state index in [0.29, 0.717) is 22.5 Å². The molecule has 0 radical (unpaired) electrons. The summed E-state index contributed by atoms with van der Waals surface area (Å²) in [5.74, 6) is 0.435. The number of anilines is 1. The highest BCUT2D eigenvalue weighted by molar-refractivity contribution is 6.43. The predicted molar refractivity (Wildman–Crippen MR) is 68.0 cm³/mol. The third-order valence-electron chi connectivity index (χ3n) is 2.33. The molecular weight excluding hydrogens is 231 g/mol. The second-order valence-corrected chi connectivity index (χ2v) is 4.58. The smallest absolute Gasteiger partial charge is 0.0825 e. The Balaban J connectivity index is 2.82. The van der Waals surface area contributed by atoms with E-state index in [1.807, 2.05) is 19.2 Å². The van der Waals surface area contributed by atoms with Crippen LogP contribution in [0.4, 0.5) is 5.69 Å². The number of rotatable bonds is 4. The minimum absolute atomic E-state index is 0.435. The number of nitrogens with two attached hydrogens (primary N) is 1. The topological polar surface area (TPSA) is 29.3 Å². The van der Waals surface area contributed by atoms with Crippen molar-refractivity contribution >= 4 is 28.9 Å². The fourth-order valence-electron chi connectivity index (χ4n) is 1.43. The molecule has 1 atom stereocenters. The summed E-state index contributed by atoms with van der Waals surface area (Å²) in [6.07, 6.45) is 0. The maximum absolute atomic E-state index is 6.11. The Hall–Kier alpha value is -0.440. The van der Waals surface area contributed by atoms with E-state index in [9.17, 15) is 0 Å². The first-order chi connectivity index (χ1) is 7.06. The zero-order chi connectivity index (χ0) is 11.4. The second kappa shape index (κ2) is 5.59. The molecule has 0 aliphatic heterocycles. The second-order valence-electron chi connectivity index (χ2n) is 3.79. The first-order valence-electron chi connectivity index (χ1n) is 4.91. The van der Waals surface area contributed by atoms with Gasteiger partial charge in [-0.1, -0.05) is 36.2 Å². The van der Waals surface area contributed by atoms with E-state index in [0.717, 1.165) is 12.2 Å². The van der Waals surface area contributed by atoms with Gasteiger partial charge in [0.05, 0.1) is 15.7 Å². The van der Waals surface area contributed by atoms with Crippen LogP contribution in [-0.2, 0) is 0 Å². The van der Waals surface area contributed by atoms with Gasteiger partial charge < -0.3 is 10.6 Å². The van der Waals surface area contributed by atoms with Gasteiger partial charge in [-0.2, -0.15) is 0 Å². The van der Waals surface area contributed by atoms with E-state index >= 15 is 0 Å². The number of halogens is 2. The lowest BCUT2D eigenvalue weighted by Gasteiger charge is -2.23. The van der Waals surface area contributed by atoms with E-state index in [1.54, 1.807) is 6.07 Å². The van der Waals surface area contributed by atoms with E-state index in [4.69, 9.17) is 28.9 Å². The molecule has 1 aromatic carbocycles. The van der Waals surface area contributed by atoms with Gasteiger partial charge in [-0.3, -0.25) is 0 Å². The minimum atomic E-state index is 0.435. The third-order valence-corrected chi connectivity index (χ3v) is 3.14. The Morgan fingerprint density at radius 2 is 2.07 bits per heavy atom. The highest BCUT2D eigenvalue weighted by Crippen LogP contribution is 2.31. The molecule has 0 saturated heterocycles. The summed E-state index contributed by atoms with van der Waals surface area (Å²) in [5, 5.41) is 1.19. The summed E-state index contributed by atoms with van der Waals surface area (Å²) < 4.78 is 0. The van der Waals surface area contributed by atoms with E-state index in [-0.39, 0.29) is 0 Å². The Morgan fingerprint density at radius 3 is 2.67 bits per heavy atom. The van der Waals surface area contributed by atoms with Gasteiger partial charge >= 0.3 is 0 Å². The van der Waals surface area contributed by atoms with Crippen molar-refractivity contribution in [3.8, 4) is 0 Å². The molecule has 0 spiro atoms. The van der Waals surface area contributed by atoms with Crippen molar-refractivity contribution in [1.29, 1.82) is 0 Å². The molecule has 2 nitrogen and oxygen atoms in total. The summed E-state index contributed by atoms with van der Waals surface area (Å²) in [6, 6.07) is 5.64. The van der Waals surface area contributed by atoms with Crippen LogP contribution in [0.2, 0.25) is 10.0 Å². The molecule has 0 aliphatic rings. The van der Waals surface area contributed by atoms with Crippen LogP contribution in [0.25, 0.3) is 0 Å². The number of hydrogen-bond donors (Lipinski definition) is 1. The Kier molecular flexibility index (Phi) is 4.71. The predicted octanol–water partition coefficient (Wildman–Crippen LogP) is 3.02. The fraction of sp³-hybridized carbons (Fsp3) is 0.455. The quantitative estimate of drug-likeness (QED) is 0.886. The van der Waals surface area contributed by atoms with Crippen LogP contribution in [0, 0.1) is 5.92 Å². The van der Waals surface area contributed by atoms with Crippen LogP contribution in [-0.4, -0.2) is 20.1 Å². The molecular formula is C11H16Cl2N2. The molecule has 1 rings (SSSR count). The monoisotopic (exact) mass is 246 g/mol. The van der Waals surface area contributed by atoms with Crippen molar-refractivity contribution < 1.29 is 0 Å². The number of benzene rings is 1. The van der Waals surface area contributed by atoms with Gasteiger partial charge in [-0.25, -0.2) is 0 Å².